The van der Waals surface area contributed by atoms with Crippen molar-refractivity contribution in [3.8, 4) is 5.69 Å². The van der Waals surface area contributed by atoms with Crippen LogP contribution in [-0.4, -0.2) is 52.5 Å². The first-order chi connectivity index (χ1) is 14.3. The Morgan fingerprint density at radius 2 is 1.86 bits per heavy atom. The van der Waals surface area contributed by atoms with Crippen molar-refractivity contribution in [1.82, 2.24) is 19.7 Å². The van der Waals surface area contributed by atoms with E-state index in [0.29, 0.717) is 5.95 Å². The van der Waals surface area contributed by atoms with E-state index in [1.807, 2.05) is 16.8 Å². The number of anilines is 3. The first kappa shape index (κ1) is 18.1. The summed E-state index contributed by atoms with van der Waals surface area (Å²) in [5.41, 5.74) is 4.66. The zero-order valence-electron chi connectivity index (χ0n) is 16.5. The van der Waals surface area contributed by atoms with Crippen LogP contribution in [-0.2, 0) is 17.7 Å². The van der Waals surface area contributed by atoms with E-state index in [1.54, 1.807) is 0 Å². The molecule has 0 amide bonds. The zero-order valence-corrected chi connectivity index (χ0v) is 16.5. The lowest BCUT2D eigenvalue weighted by atomic mass is 10.1. The Morgan fingerprint density at radius 1 is 1.03 bits per heavy atom. The second kappa shape index (κ2) is 8.23. The molecular formula is C22H26N6O. The SMILES string of the molecule is c1ccc2c(c1)CNc1nc(Nc3ccc(CCCN4CCOCC4)cc3)nn1-2. The molecule has 1 saturated heterocycles. The number of nitrogens with zero attached hydrogens (tertiary/aromatic N) is 4. The number of aryl methyl sites for hydroxylation is 1. The van der Waals surface area contributed by atoms with Crippen LogP contribution >= 0.6 is 0 Å². The summed E-state index contributed by atoms with van der Waals surface area (Å²) in [6.45, 7) is 5.77. The van der Waals surface area contributed by atoms with Crippen molar-refractivity contribution in [3.63, 3.8) is 0 Å². The first-order valence-electron chi connectivity index (χ1n) is 10.3. The Morgan fingerprint density at radius 3 is 2.72 bits per heavy atom. The number of benzene rings is 2. The van der Waals surface area contributed by atoms with E-state index in [2.05, 4.69) is 62.0 Å². The third-order valence-electron chi connectivity index (χ3n) is 5.52. The number of hydrogen-bond acceptors (Lipinski definition) is 6. The number of nitrogens with one attached hydrogen (secondary N) is 2. The summed E-state index contributed by atoms with van der Waals surface area (Å²) in [4.78, 5) is 7.07. The second-order valence-electron chi connectivity index (χ2n) is 7.53. The van der Waals surface area contributed by atoms with Crippen molar-refractivity contribution >= 4 is 17.6 Å². The molecule has 2 aromatic carbocycles. The molecule has 0 spiro atoms. The molecule has 0 radical (unpaired) electrons. The minimum absolute atomic E-state index is 0.601. The molecule has 5 rings (SSSR count). The Hall–Kier alpha value is -2.90. The van der Waals surface area contributed by atoms with Crippen molar-refractivity contribution in [2.45, 2.75) is 19.4 Å². The van der Waals surface area contributed by atoms with E-state index in [4.69, 9.17) is 4.74 Å². The number of hydrogen-bond donors (Lipinski definition) is 2. The van der Waals surface area contributed by atoms with Gasteiger partial charge in [0, 0.05) is 25.3 Å². The van der Waals surface area contributed by atoms with Crippen LogP contribution in [0.1, 0.15) is 17.5 Å². The van der Waals surface area contributed by atoms with Gasteiger partial charge in [-0.2, -0.15) is 9.67 Å². The van der Waals surface area contributed by atoms with E-state index in [-0.39, 0.29) is 0 Å². The molecule has 3 heterocycles. The maximum Gasteiger partial charge on any atom is 0.248 e. The molecule has 2 aliphatic heterocycles. The third-order valence-corrected chi connectivity index (χ3v) is 5.52. The summed E-state index contributed by atoms with van der Waals surface area (Å²) in [6.07, 6.45) is 2.27. The molecule has 1 fully saturated rings. The summed E-state index contributed by atoms with van der Waals surface area (Å²) < 4.78 is 7.27. The molecule has 7 heteroatoms. The van der Waals surface area contributed by atoms with Crippen molar-refractivity contribution in [2.24, 2.45) is 0 Å². The maximum absolute atomic E-state index is 5.41. The van der Waals surface area contributed by atoms with Gasteiger partial charge in [-0.25, -0.2) is 0 Å². The normalized spacial score (nSPS) is 16.0. The van der Waals surface area contributed by atoms with Crippen LogP contribution in [0.15, 0.2) is 48.5 Å². The van der Waals surface area contributed by atoms with Crippen LogP contribution in [0.4, 0.5) is 17.6 Å². The van der Waals surface area contributed by atoms with Gasteiger partial charge in [-0.1, -0.05) is 30.3 Å². The van der Waals surface area contributed by atoms with Crippen molar-refractivity contribution in [1.29, 1.82) is 0 Å². The van der Waals surface area contributed by atoms with Crippen molar-refractivity contribution in [2.75, 3.05) is 43.5 Å². The van der Waals surface area contributed by atoms with E-state index in [0.717, 1.165) is 63.1 Å². The van der Waals surface area contributed by atoms with Gasteiger partial charge in [-0.3, -0.25) is 4.90 Å². The number of rotatable bonds is 6. The van der Waals surface area contributed by atoms with Crippen molar-refractivity contribution in [3.05, 3.63) is 59.7 Å². The summed E-state index contributed by atoms with van der Waals surface area (Å²) in [6, 6.07) is 16.8. The quantitative estimate of drug-likeness (QED) is 0.674. The van der Waals surface area contributed by atoms with Gasteiger partial charge in [0.25, 0.3) is 0 Å². The molecule has 1 aromatic heterocycles. The van der Waals surface area contributed by atoms with E-state index in [9.17, 15) is 0 Å². The molecule has 0 saturated carbocycles. The summed E-state index contributed by atoms with van der Waals surface area (Å²) in [7, 11) is 0. The largest absolute Gasteiger partial charge is 0.379 e. The van der Waals surface area contributed by atoms with Gasteiger partial charge in [0.2, 0.25) is 11.9 Å². The number of morpholine rings is 1. The number of ether oxygens (including phenoxy) is 1. The van der Waals surface area contributed by atoms with Crippen LogP contribution in [0.25, 0.3) is 5.69 Å². The van der Waals surface area contributed by atoms with Crippen molar-refractivity contribution < 1.29 is 4.74 Å². The van der Waals surface area contributed by atoms with E-state index < -0.39 is 0 Å². The third kappa shape index (κ3) is 4.11. The van der Waals surface area contributed by atoms with E-state index in [1.165, 1.54) is 17.5 Å². The smallest absolute Gasteiger partial charge is 0.248 e. The lowest BCUT2D eigenvalue weighted by Gasteiger charge is -2.26. The lowest BCUT2D eigenvalue weighted by Crippen LogP contribution is -2.36. The molecule has 0 bridgehead atoms. The fourth-order valence-corrected chi connectivity index (χ4v) is 3.90. The minimum atomic E-state index is 0.601. The highest BCUT2D eigenvalue weighted by Crippen LogP contribution is 2.26. The number of aromatic nitrogens is 3. The summed E-state index contributed by atoms with van der Waals surface area (Å²) in [5.74, 6) is 1.37. The Labute approximate surface area is 170 Å². The van der Waals surface area contributed by atoms with E-state index >= 15 is 0 Å². The van der Waals surface area contributed by atoms with Gasteiger partial charge in [0.1, 0.15) is 0 Å². The number of fused-ring (bicyclic) bond motifs is 3. The molecule has 0 unspecified atom stereocenters. The average Bonchev–Trinajstić information content (AvgIpc) is 3.19. The van der Waals surface area contributed by atoms with Crippen LogP contribution < -0.4 is 10.6 Å². The Balaban J connectivity index is 1.19. The summed E-state index contributed by atoms with van der Waals surface area (Å²) in [5, 5.41) is 11.3. The molecular weight excluding hydrogens is 364 g/mol. The molecule has 7 nitrogen and oxygen atoms in total. The molecule has 3 aromatic rings. The van der Waals surface area contributed by atoms with Crippen LogP contribution in [0.3, 0.4) is 0 Å². The highest BCUT2D eigenvalue weighted by molar-refractivity contribution is 5.58. The van der Waals surface area contributed by atoms with Crippen LogP contribution in [0, 0.1) is 0 Å². The molecule has 0 aliphatic carbocycles. The second-order valence-corrected chi connectivity index (χ2v) is 7.53. The fourth-order valence-electron chi connectivity index (χ4n) is 3.90. The predicted octanol–water partition coefficient (Wildman–Crippen LogP) is 3.20. The monoisotopic (exact) mass is 390 g/mol. The number of para-hydroxylation sites is 1. The lowest BCUT2D eigenvalue weighted by molar-refractivity contribution is 0.0375. The standard InChI is InChI=1S/C22H26N6O/c1-2-6-20-18(5-1)16-23-22-25-21(26-28(20)22)24-19-9-7-17(8-10-19)4-3-11-27-12-14-29-15-13-27/h1-2,5-10H,3-4,11-16H2,(H2,23,24,25,26). The Kier molecular flexibility index (Phi) is 5.15. The molecule has 2 N–H and O–H groups in total. The molecule has 150 valence electrons. The summed E-state index contributed by atoms with van der Waals surface area (Å²) >= 11 is 0. The van der Waals surface area contributed by atoms with Gasteiger partial charge in [0.15, 0.2) is 0 Å². The highest BCUT2D eigenvalue weighted by Gasteiger charge is 2.18. The first-order valence-corrected chi connectivity index (χ1v) is 10.3. The van der Waals surface area contributed by atoms with Crippen LogP contribution in [0.5, 0.6) is 0 Å². The topological polar surface area (TPSA) is 67.2 Å². The average molecular weight is 390 g/mol. The van der Waals surface area contributed by atoms with Gasteiger partial charge in [-0.15, -0.1) is 5.10 Å². The van der Waals surface area contributed by atoms with Gasteiger partial charge < -0.3 is 15.4 Å². The molecule has 29 heavy (non-hydrogen) atoms. The van der Waals surface area contributed by atoms with Gasteiger partial charge >= 0.3 is 0 Å². The molecule has 2 aliphatic rings. The predicted molar refractivity (Wildman–Crippen MR) is 114 cm³/mol. The van der Waals surface area contributed by atoms with Gasteiger partial charge in [-0.05, 0) is 48.7 Å². The van der Waals surface area contributed by atoms with Crippen LogP contribution in [0.2, 0.25) is 0 Å². The Bertz CT molecular complexity index is 962. The molecule has 0 atom stereocenters. The van der Waals surface area contributed by atoms with Gasteiger partial charge in [0.05, 0.1) is 18.9 Å². The fraction of sp³-hybridized carbons (Fsp3) is 0.364. The minimum Gasteiger partial charge on any atom is -0.379 e. The highest BCUT2D eigenvalue weighted by atomic mass is 16.5. The maximum atomic E-state index is 5.41. The zero-order chi connectivity index (χ0) is 19.5.